The third-order valence-electron chi connectivity index (χ3n) is 2.15. The minimum absolute atomic E-state index is 0.0623. The van der Waals surface area contributed by atoms with Crippen LogP contribution in [-0.4, -0.2) is 27.4 Å². The van der Waals surface area contributed by atoms with Crippen LogP contribution in [0.3, 0.4) is 0 Å². The quantitative estimate of drug-likeness (QED) is 0.642. The number of nitrogens with two attached hydrogens (primary N) is 1. The first kappa shape index (κ1) is 12.2. The van der Waals surface area contributed by atoms with Crippen molar-refractivity contribution in [1.29, 1.82) is 0 Å². The molecule has 0 unspecified atom stereocenters. The lowest BCUT2D eigenvalue weighted by atomic mass is 10.1. The summed E-state index contributed by atoms with van der Waals surface area (Å²) in [5, 5.41) is 17.9. The SMILES string of the molecule is CC(C)(N)COc1ccc([N+](=O)[O-])c2nonc12. The minimum Gasteiger partial charge on any atom is -0.489 e. The van der Waals surface area contributed by atoms with Crippen molar-refractivity contribution in [3.8, 4) is 5.75 Å². The number of fused-ring (bicyclic) bond motifs is 1. The standard InChI is InChI=1S/C10H12N4O4/c1-10(2,11)5-17-7-4-3-6(14(15)16)8-9(7)13-18-12-8/h3-4H,5,11H2,1-2H3. The summed E-state index contributed by atoms with van der Waals surface area (Å²) in [5.41, 5.74) is 5.37. The average molecular weight is 252 g/mol. The number of aromatic nitrogens is 2. The zero-order chi connectivity index (χ0) is 13.3. The predicted molar refractivity (Wildman–Crippen MR) is 62.2 cm³/mol. The van der Waals surface area contributed by atoms with Crippen LogP contribution in [0.1, 0.15) is 13.8 Å². The van der Waals surface area contributed by atoms with Crippen LogP contribution >= 0.6 is 0 Å². The maximum atomic E-state index is 10.8. The van der Waals surface area contributed by atoms with Crippen molar-refractivity contribution in [3.63, 3.8) is 0 Å². The molecule has 8 nitrogen and oxygen atoms in total. The molecule has 2 N–H and O–H groups in total. The van der Waals surface area contributed by atoms with Crippen molar-refractivity contribution in [3.05, 3.63) is 22.2 Å². The Labute approximate surface area is 102 Å². The van der Waals surface area contributed by atoms with Gasteiger partial charge in [0.25, 0.3) is 0 Å². The first-order chi connectivity index (χ1) is 8.38. The van der Waals surface area contributed by atoms with E-state index in [1.807, 2.05) is 0 Å². The molecule has 1 heterocycles. The van der Waals surface area contributed by atoms with Gasteiger partial charge in [0.1, 0.15) is 6.61 Å². The van der Waals surface area contributed by atoms with Crippen molar-refractivity contribution in [2.75, 3.05) is 6.61 Å². The largest absolute Gasteiger partial charge is 0.489 e. The summed E-state index contributed by atoms with van der Waals surface area (Å²) < 4.78 is 9.98. The number of rotatable bonds is 4. The number of hydrogen-bond donors (Lipinski definition) is 1. The van der Waals surface area contributed by atoms with E-state index in [1.165, 1.54) is 12.1 Å². The normalized spacial score (nSPS) is 11.7. The van der Waals surface area contributed by atoms with Crippen LogP contribution in [0.4, 0.5) is 5.69 Å². The zero-order valence-electron chi connectivity index (χ0n) is 9.91. The van der Waals surface area contributed by atoms with Gasteiger partial charge in [-0.05, 0) is 30.2 Å². The maximum absolute atomic E-state index is 10.8. The molecule has 0 saturated heterocycles. The van der Waals surface area contributed by atoms with E-state index in [0.717, 1.165) is 0 Å². The summed E-state index contributed by atoms with van der Waals surface area (Å²) in [7, 11) is 0. The molecular formula is C10H12N4O4. The summed E-state index contributed by atoms with van der Waals surface area (Å²) in [6.45, 7) is 3.85. The topological polar surface area (TPSA) is 117 Å². The fourth-order valence-electron chi connectivity index (χ4n) is 1.36. The lowest BCUT2D eigenvalue weighted by Gasteiger charge is -2.18. The van der Waals surface area contributed by atoms with Gasteiger partial charge in [0, 0.05) is 11.6 Å². The molecule has 0 fully saturated rings. The second kappa shape index (κ2) is 4.22. The van der Waals surface area contributed by atoms with Gasteiger partial charge in [0.15, 0.2) is 11.3 Å². The second-order valence-corrected chi connectivity index (χ2v) is 4.58. The van der Waals surface area contributed by atoms with Crippen LogP contribution < -0.4 is 10.5 Å². The van der Waals surface area contributed by atoms with Gasteiger partial charge < -0.3 is 10.5 Å². The van der Waals surface area contributed by atoms with Crippen molar-refractivity contribution in [1.82, 2.24) is 10.3 Å². The highest BCUT2D eigenvalue weighted by Crippen LogP contribution is 2.30. The highest BCUT2D eigenvalue weighted by atomic mass is 16.6. The van der Waals surface area contributed by atoms with Crippen LogP contribution in [0.5, 0.6) is 5.75 Å². The van der Waals surface area contributed by atoms with Crippen LogP contribution in [0.15, 0.2) is 16.8 Å². The van der Waals surface area contributed by atoms with Crippen molar-refractivity contribution >= 4 is 16.7 Å². The van der Waals surface area contributed by atoms with E-state index >= 15 is 0 Å². The van der Waals surface area contributed by atoms with Gasteiger partial charge >= 0.3 is 5.69 Å². The molecule has 2 aromatic rings. The van der Waals surface area contributed by atoms with E-state index in [2.05, 4.69) is 14.9 Å². The summed E-state index contributed by atoms with van der Waals surface area (Å²) in [5.74, 6) is 0.357. The summed E-state index contributed by atoms with van der Waals surface area (Å²) in [6.07, 6.45) is 0. The molecule has 0 aliphatic carbocycles. The van der Waals surface area contributed by atoms with Crippen molar-refractivity contribution in [2.45, 2.75) is 19.4 Å². The third kappa shape index (κ3) is 2.38. The fraction of sp³-hybridized carbons (Fsp3) is 0.400. The van der Waals surface area contributed by atoms with E-state index in [9.17, 15) is 10.1 Å². The molecule has 0 saturated carbocycles. The average Bonchev–Trinajstić information content (AvgIpc) is 2.72. The molecule has 1 aromatic heterocycles. The number of ether oxygens (including phenoxy) is 1. The number of nitrogens with zero attached hydrogens (tertiary/aromatic N) is 3. The summed E-state index contributed by atoms with van der Waals surface area (Å²) >= 11 is 0. The number of hydrogen-bond acceptors (Lipinski definition) is 7. The van der Waals surface area contributed by atoms with Gasteiger partial charge in [0.05, 0.1) is 4.92 Å². The van der Waals surface area contributed by atoms with Gasteiger partial charge in [0.2, 0.25) is 5.52 Å². The Balaban J connectivity index is 2.39. The van der Waals surface area contributed by atoms with E-state index in [0.29, 0.717) is 5.75 Å². The number of nitro benzene ring substituents is 1. The van der Waals surface area contributed by atoms with Crippen molar-refractivity contribution < 1.29 is 14.3 Å². The molecule has 0 atom stereocenters. The monoisotopic (exact) mass is 252 g/mol. The molecule has 0 aliphatic heterocycles. The molecule has 0 bridgehead atoms. The van der Waals surface area contributed by atoms with Crippen LogP contribution in [-0.2, 0) is 0 Å². The van der Waals surface area contributed by atoms with Gasteiger partial charge in [-0.2, -0.15) is 0 Å². The molecule has 0 radical (unpaired) electrons. The highest BCUT2D eigenvalue weighted by Gasteiger charge is 2.21. The molecule has 18 heavy (non-hydrogen) atoms. The molecule has 0 amide bonds. The zero-order valence-corrected chi connectivity index (χ0v) is 9.91. The molecule has 0 aliphatic rings. The fourth-order valence-corrected chi connectivity index (χ4v) is 1.36. The lowest BCUT2D eigenvalue weighted by Crippen LogP contribution is -2.38. The summed E-state index contributed by atoms with van der Waals surface area (Å²) in [4.78, 5) is 10.2. The minimum atomic E-state index is -0.552. The maximum Gasteiger partial charge on any atom is 0.301 e. The van der Waals surface area contributed by atoms with Crippen LogP contribution in [0, 0.1) is 10.1 Å². The lowest BCUT2D eigenvalue weighted by molar-refractivity contribution is -0.383. The molecule has 8 heteroatoms. The van der Waals surface area contributed by atoms with Crippen LogP contribution in [0.2, 0.25) is 0 Å². The van der Waals surface area contributed by atoms with E-state index in [4.69, 9.17) is 10.5 Å². The smallest absolute Gasteiger partial charge is 0.301 e. The Morgan fingerprint density at radius 3 is 2.72 bits per heavy atom. The second-order valence-electron chi connectivity index (χ2n) is 4.58. The molecule has 2 rings (SSSR count). The molecular weight excluding hydrogens is 240 g/mol. The van der Waals surface area contributed by atoms with Crippen molar-refractivity contribution in [2.24, 2.45) is 5.73 Å². The Morgan fingerprint density at radius 2 is 2.11 bits per heavy atom. The molecule has 96 valence electrons. The van der Waals surface area contributed by atoms with E-state index in [1.54, 1.807) is 13.8 Å². The van der Waals surface area contributed by atoms with Gasteiger partial charge in [-0.3, -0.25) is 10.1 Å². The number of non-ortho nitro benzene ring substituents is 1. The number of nitro groups is 1. The number of benzene rings is 1. The van der Waals surface area contributed by atoms with Gasteiger partial charge in [-0.15, -0.1) is 0 Å². The van der Waals surface area contributed by atoms with Gasteiger partial charge in [-0.1, -0.05) is 0 Å². The molecule has 0 spiro atoms. The molecule has 1 aromatic carbocycles. The Bertz CT molecular complexity index is 587. The Hall–Kier alpha value is -2.22. The third-order valence-corrected chi connectivity index (χ3v) is 2.15. The Kier molecular flexibility index (Phi) is 2.87. The van der Waals surface area contributed by atoms with E-state index in [-0.39, 0.29) is 23.3 Å². The summed E-state index contributed by atoms with van der Waals surface area (Å²) in [6, 6.07) is 2.75. The van der Waals surface area contributed by atoms with Gasteiger partial charge in [-0.25, -0.2) is 4.63 Å². The van der Waals surface area contributed by atoms with E-state index < -0.39 is 10.5 Å². The first-order valence-corrected chi connectivity index (χ1v) is 5.20. The Morgan fingerprint density at radius 1 is 1.44 bits per heavy atom. The predicted octanol–water partition coefficient (Wildman–Crippen LogP) is 1.25. The highest BCUT2D eigenvalue weighted by molar-refractivity contribution is 5.88. The van der Waals surface area contributed by atoms with Crippen LogP contribution in [0.25, 0.3) is 11.0 Å². The first-order valence-electron chi connectivity index (χ1n) is 5.20.